The number of hydrogen-bond donors (Lipinski definition) is 1. The van der Waals surface area contributed by atoms with E-state index in [1.165, 1.54) is 37.1 Å². The molecule has 0 aliphatic carbocycles. The van der Waals surface area contributed by atoms with Crippen molar-refractivity contribution in [2.75, 3.05) is 37.6 Å². The molecule has 2 heterocycles. The third-order valence-electron chi connectivity index (χ3n) is 5.03. The quantitative estimate of drug-likeness (QED) is 0.877. The standard InChI is InChI=1S/C18H26N2O2/c21-18(22)6-3-10-19-11-7-15(8-12-19)14-20-13-9-16-4-1-2-5-17(16)20/h1-2,4-5,15H,3,6-14H2,(H,21,22). The fraction of sp³-hybridized carbons (Fsp3) is 0.611. The van der Waals surface area contributed by atoms with Crippen LogP contribution in [0.1, 0.15) is 31.2 Å². The molecule has 0 spiro atoms. The van der Waals surface area contributed by atoms with Crippen LogP contribution < -0.4 is 4.90 Å². The number of aliphatic carboxylic acids is 1. The van der Waals surface area contributed by atoms with E-state index in [2.05, 4.69) is 34.1 Å². The van der Waals surface area contributed by atoms with E-state index in [1.54, 1.807) is 0 Å². The van der Waals surface area contributed by atoms with Gasteiger partial charge in [-0.2, -0.15) is 0 Å². The maximum absolute atomic E-state index is 10.6. The largest absolute Gasteiger partial charge is 0.481 e. The van der Waals surface area contributed by atoms with Crippen molar-refractivity contribution in [3.05, 3.63) is 29.8 Å². The molecule has 1 N–H and O–H groups in total. The number of carbonyl (C=O) groups is 1. The third kappa shape index (κ3) is 3.80. The number of piperidine rings is 1. The van der Waals surface area contributed by atoms with Gasteiger partial charge in [-0.25, -0.2) is 0 Å². The number of carboxylic acid groups (broad SMARTS) is 1. The average molecular weight is 302 g/mol. The Bertz CT molecular complexity index is 510. The second kappa shape index (κ2) is 7.14. The van der Waals surface area contributed by atoms with E-state index in [0.29, 0.717) is 6.42 Å². The summed E-state index contributed by atoms with van der Waals surface area (Å²) in [6.45, 7) is 5.53. The van der Waals surface area contributed by atoms with Crippen molar-refractivity contribution in [3.63, 3.8) is 0 Å². The van der Waals surface area contributed by atoms with Gasteiger partial charge in [0.25, 0.3) is 0 Å². The first-order valence-corrected chi connectivity index (χ1v) is 8.49. The van der Waals surface area contributed by atoms with E-state index < -0.39 is 5.97 Å². The number of benzene rings is 1. The highest BCUT2D eigenvalue weighted by Gasteiger charge is 2.24. The van der Waals surface area contributed by atoms with Gasteiger partial charge in [-0.05, 0) is 62.9 Å². The molecule has 120 valence electrons. The molecule has 1 aromatic carbocycles. The minimum Gasteiger partial charge on any atom is -0.481 e. The topological polar surface area (TPSA) is 43.8 Å². The zero-order valence-electron chi connectivity index (χ0n) is 13.2. The second-order valence-electron chi connectivity index (χ2n) is 6.61. The molecule has 2 aliphatic rings. The Kier molecular flexibility index (Phi) is 4.98. The van der Waals surface area contributed by atoms with Crippen molar-refractivity contribution in [1.82, 2.24) is 4.90 Å². The fourth-order valence-electron chi connectivity index (χ4n) is 3.75. The number of anilines is 1. The zero-order chi connectivity index (χ0) is 15.4. The van der Waals surface area contributed by atoms with Crippen LogP contribution in [0.25, 0.3) is 0 Å². The maximum atomic E-state index is 10.6. The lowest BCUT2D eigenvalue weighted by Crippen LogP contribution is -2.38. The molecule has 0 radical (unpaired) electrons. The summed E-state index contributed by atoms with van der Waals surface area (Å²) in [6, 6.07) is 8.78. The van der Waals surface area contributed by atoms with Gasteiger partial charge in [0.05, 0.1) is 0 Å². The zero-order valence-corrected chi connectivity index (χ0v) is 13.2. The van der Waals surface area contributed by atoms with E-state index in [0.717, 1.165) is 38.5 Å². The maximum Gasteiger partial charge on any atom is 0.303 e. The number of carboxylic acids is 1. The van der Waals surface area contributed by atoms with Crippen LogP contribution in [0.3, 0.4) is 0 Å². The number of likely N-dealkylation sites (tertiary alicyclic amines) is 1. The van der Waals surface area contributed by atoms with E-state index in [-0.39, 0.29) is 0 Å². The van der Waals surface area contributed by atoms with Crippen molar-refractivity contribution in [3.8, 4) is 0 Å². The van der Waals surface area contributed by atoms with Crippen LogP contribution in [-0.4, -0.2) is 48.7 Å². The average Bonchev–Trinajstić information content (AvgIpc) is 2.92. The molecule has 3 rings (SSSR count). The summed E-state index contributed by atoms with van der Waals surface area (Å²) in [5, 5.41) is 8.70. The van der Waals surface area contributed by atoms with Gasteiger partial charge in [-0.1, -0.05) is 18.2 Å². The first kappa shape index (κ1) is 15.3. The van der Waals surface area contributed by atoms with Crippen LogP contribution >= 0.6 is 0 Å². The van der Waals surface area contributed by atoms with Crippen LogP contribution in [0.2, 0.25) is 0 Å². The van der Waals surface area contributed by atoms with E-state index >= 15 is 0 Å². The van der Waals surface area contributed by atoms with Crippen LogP contribution in [0, 0.1) is 5.92 Å². The third-order valence-corrected chi connectivity index (χ3v) is 5.03. The highest BCUT2D eigenvalue weighted by atomic mass is 16.4. The minimum atomic E-state index is -0.678. The number of hydrogen-bond acceptors (Lipinski definition) is 3. The van der Waals surface area contributed by atoms with Gasteiger partial charge in [0.15, 0.2) is 0 Å². The fourth-order valence-corrected chi connectivity index (χ4v) is 3.75. The molecule has 1 fully saturated rings. The molecule has 0 atom stereocenters. The van der Waals surface area contributed by atoms with Gasteiger partial charge in [-0.3, -0.25) is 4.79 Å². The highest BCUT2D eigenvalue weighted by Crippen LogP contribution is 2.30. The molecule has 1 aromatic rings. The molecular weight excluding hydrogens is 276 g/mol. The molecule has 2 aliphatic heterocycles. The van der Waals surface area contributed by atoms with E-state index in [1.807, 2.05) is 0 Å². The van der Waals surface area contributed by atoms with Gasteiger partial charge in [0.2, 0.25) is 0 Å². The van der Waals surface area contributed by atoms with E-state index in [9.17, 15) is 4.79 Å². The lowest BCUT2D eigenvalue weighted by Gasteiger charge is -2.34. The normalized spacial score (nSPS) is 19.4. The van der Waals surface area contributed by atoms with Crippen molar-refractivity contribution < 1.29 is 9.90 Å². The van der Waals surface area contributed by atoms with Gasteiger partial charge < -0.3 is 14.9 Å². The van der Waals surface area contributed by atoms with Crippen molar-refractivity contribution >= 4 is 11.7 Å². The molecule has 0 bridgehead atoms. The summed E-state index contributed by atoms with van der Waals surface area (Å²) in [5.41, 5.74) is 2.93. The highest BCUT2D eigenvalue weighted by molar-refractivity contribution is 5.66. The Morgan fingerprint density at radius 3 is 2.73 bits per heavy atom. The first-order chi connectivity index (χ1) is 10.7. The van der Waals surface area contributed by atoms with Crippen molar-refractivity contribution in [2.24, 2.45) is 5.92 Å². The molecule has 0 saturated carbocycles. The lowest BCUT2D eigenvalue weighted by atomic mass is 9.96. The number of fused-ring (bicyclic) bond motifs is 1. The summed E-state index contributed by atoms with van der Waals surface area (Å²) in [6.07, 6.45) is 4.74. The predicted octanol–water partition coefficient (Wildman–Crippen LogP) is 2.63. The minimum absolute atomic E-state index is 0.296. The molecule has 0 unspecified atom stereocenters. The Labute approximate surface area is 132 Å². The van der Waals surface area contributed by atoms with Gasteiger partial charge in [0.1, 0.15) is 0 Å². The number of nitrogens with zero attached hydrogens (tertiary/aromatic N) is 2. The second-order valence-corrected chi connectivity index (χ2v) is 6.61. The monoisotopic (exact) mass is 302 g/mol. The molecule has 1 saturated heterocycles. The summed E-state index contributed by atoms with van der Waals surface area (Å²) in [5.74, 6) is 0.101. The Morgan fingerprint density at radius 1 is 1.18 bits per heavy atom. The van der Waals surface area contributed by atoms with Crippen LogP contribution in [0.15, 0.2) is 24.3 Å². The Hall–Kier alpha value is -1.55. The van der Waals surface area contributed by atoms with Crippen LogP contribution in [0.4, 0.5) is 5.69 Å². The lowest BCUT2D eigenvalue weighted by molar-refractivity contribution is -0.137. The van der Waals surface area contributed by atoms with Crippen LogP contribution in [-0.2, 0) is 11.2 Å². The van der Waals surface area contributed by atoms with Crippen molar-refractivity contribution in [2.45, 2.75) is 32.1 Å². The molecule has 4 heteroatoms. The summed E-state index contributed by atoms with van der Waals surface area (Å²) in [7, 11) is 0. The van der Waals surface area contributed by atoms with Crippen molar-refractivity contribution in [1.29, 1.82) is 0 Å². The Balaban J connectivity index is 1.42. The van der Waals surface area contributed by atoms with E-state index in [4.69, 9.17) is 5.11 Å². The van der Waals surface area contributed by atoms with Crippen LogP contribution in [0.5, 0.6) is 0 Å². The van der Waals surface area contributed by atoms with Gasteiger partial charge in [0, 0.05) is 25.2 Å². The summed E-state index contributed by atoms with van der Waals surface area (Å²) >= 11 is 0. The van der Waals surface area contributed by atoms with Gasteiger partial charge in [-0.15, -0.1) is 0 Å². The van der Waals surface area contributed by atoms with Gasteiger partial charge >= 0.3 is 5.97 Å². The summed E-state index contributed by atoms with van der Waals surface area (Å²) < 4.78 is 0. The smallest absolute Gasteiger partial charge is 0.303 e. The number of para-hydroxylation sites is 1. The SMILES string of the molecule is O=C(O)CCCN1CCC(CN2CCc3ccccc32)CC1. The first-order valence-electron chi connectivity index (χ1n) is 8.49. The molecule has 0 amide bonds. The molecular formula is C18H26N2O2. The molecule has 4 nitrogen and oxygen atoms in total. The predicted molar refractivity (Wildman–Crippen MR) is 88.4 cm³/mol. The number of rotatable bonds is 6. The Morgan fingerprint density at radius 2 is 1.95 bits per heavy atom. The summed E-state index contributed by atoms with van der Waals surface area (Å²) in [4.78, 5) is 15.5. The molecule has 22 heavy (non-hydrogen) atoms. The molecule has 0 aromatic heterocycles.